The number of hydrogen-bond donors (Lipinski definition) is 0. The molecule has 2 aromatic carbocycles. The van der Waals surface area contributed by atoms with E-state index in [1.165, 1.54) is 24.3 Å². The molecule has 1 saturated heterocycles. The van der Waals surface area contributed by atoms with Crippen LogP contribution in [0.1, 0.15) is 53.5 Å². The Labute approximate surface area is 233 Å². The molecular formula is C32H33FN4O3. The standard InChI is InChI=1S/C32H33FN4O3/c1-4-24-15-23(31(38)36-14-12-21-7-5-6-8-27(21)20(36)2)16-26-18-30(34-37(24)26)28-10-9-25(17-29(28)33)35-13-11-22(19-35)32(39)40-3/h5-10,15-18,20,22H,4,11-14,19H2,1-3H3/t20-,22?/m1/s1. The van der Waals surface area contributed by atoms with E-state index < -0.39 is 0 Å². The second kappa shape index (κ2) is 10.4. The Hall–Kier alpha value is -4.20. The molecule has 2 atom stereocenters. The van der Waals surface area contributed by atoms with Crippen molar-refractivity contribution in [2.75, 3.05) is 31.6 Å². The van der Waals surface area contributed by atoms with Crippen molar-refractivity contribution in [2.45, 2.75) is 39.2 Å². The fourth-order valence-corrected chi connectivity index (χ4v) is 6.15. The van der Waals surface area contributed by atoms with E-state index in [2.05, 4.69) is 19.1 Å². The summed E-state index contributed by atoms with van der Waals surface area (Å²) in [6.45, 7) is 5.96. The van der Waals surface area contributed by atoms with Crippen molar-refractivity contribution >= 4 is 23.1 Å². The zero-order valence-electron chi connectivity index (χ0n) is 23.1. The van der Waals surface area contributed by atoms with E-state index in [9.17, 15) is 9.59 Å². The van der Waals surface area contributed by atoms with Crippen LogP contribution < -0.4 is 4.90 Å². The number of aromatic nitrogens is 2. The fourth-order valence-electron chi connectivity index (χ4n) is 6.15. The monoisotopic (exact) mass is 540 g/mol. The van der Waals surface area contributed by atoms with E-state index in [0.29, 0.717) is 49.3 Å². The molecule has 0 radical (unpaired) electrons. The van der Waals surface area contributed by atoms with Crippen molar-refractivity contribution in [2.24, 2.45) is 5.92 Å². The number of halogens is 1. The van der Waals surface area contributed by atoms with Crippen LogP contribution in [0.5, 0.6) is 0 Å². The van der Waals surface area contributed by atoms with Crippen LogP contribution in [0.3, 0.4) is 0 Å². The Kier molecular flexibility index (Phi) is 6.78. The Morgan fingerprint density at radius 3 is 2.67 bits per heavy atom. The van der Waals surface area contributed by atoms with Crippen LogP contribution in [-0.4, -0.2) is 53.1 Å². The molecule has 0 aliphatic carbocycles. The minimum atomic E-state index is -0.377. The van der Waals surface area contributed by atoms with Crippen molar-refractivity contribution in [3.8, 4) is 11.3 Å². The highest BCUT2D eigenvalue weighted by Crippen LogP contribution is 2.33. The lowest BCUT2D eigenvalue weighted by Crippen LogP contribution is -2.38. The Balaban J connectivity index is 1.28. The van der Waals surface area contributed by atoms with Crippen molar-refractivity contribution < 1.29 is 18.7 Å². The van der Waals surface area contributed by atoms with Gasteiger partial charge in [-0.25, -0.2) is 8.91 Å². The summed E-state index contributed by atoms with van der Waals surface area (Å²) in [5, 5.41) is 4.72. The maximum absolute atomic E-state index is 15.4. The average molecular weight is 541 g/mol. The molecule has 6 rings (SSSR count). The van der Waals surface area contributed by atoms with Gasteiger partial charge in [-0.3, -0.25) is 9.59 Å². The van der Waals surface area contributed by atoms with Gasteiger partial charge in [0.25, 0.3) is 5.91 Å². The molecule has 7 nitrogen and oxygen atoms in total. The van der Waals surface area contributed by atoms with E-state index in [-0.39, 0.29) is 29.7 Å². The number of fused-ring (bicyclic) bond motifs is 2. The number of carbonyl (C=O) groups is 2. The lowest BCUT2D eigenvalue weighted by molar-refractivity contribution is -0.144. The second-order valence-electron chi connectivity index (χ2n) is 10.7. The van der Waals surface area contributed by atoms with Gasteiger partial charge in [0.2, 0.25) is 0 Å². The second-order valence-corrected chi connectivity index (χ2v) is 10.7. The first kappa shape index (κ1) is 26.0. The highest BCUT2D eigenvalue weighted by atomic mass is 19.1. The van der Waals surface area contributed by atoms with Gasteiger partial charge in [-0.15, -0.1) is 0 Å². The summed E-state index contributed by atoms with van der Waals surface area (Å²) in [6.07, 6.45) is 2.20. The number of pyridine rings is 1. The van der Waals surface area contributed by atoms with Gasteiger partial charge in [0.1, 0.15) is 5.82 Å². The maximum atomic E-state index is 15.4. The lowest BCUT2D eigenvalue weighted by atomic mass is 9.93. The number of benzene rings is 2. The van der Waals surface area contributed by atoms with Crippen molar-refractivity contribution in [3.05, 3.63) is 88.9 Å². The number of methoxy groups -OCH3 is 1. The third kappa shape index (κ3) is 4.51. The molecule has 1 unspecified atom stereocenters. The molecule has 2 aliphatic heterocycles. The molecule has 8 heteroatoms. The third-order valence-corrected chi connectivity index (χ3v) is 8.42. The van der Waals surface area contributed by atoms with E-state index >= 15 is 4.39 Å². The highest BCUT2D eigenvalue weighted by molar-refractivity contribution is 5.96. The minimum Gasteiger partial charge on any atom is -0.469 e. The van der Waals surface area contributed by atoms with Gasteiger partial charge < -0.3 is 14.5 Å². The van der Waals surface area contributed by atoms with Crippen molar-refractivity contribution in [1.82, 2.24) is 14.5 Å². The number of aryl methyl sites for hydroxylation is 1. The van der Waals surface area contributed by atoms with Crippen LogP contribution in [-0.2, 0) is 22.4 Å². The number of carbonyl (C=O) groups excluding carboxylic acids is 2. The molecule has 0 bridgehead atoms. The predicted molar refractivity (Wildman–Crippen MR) is 152 cm³/mol. The molecule has 4 heterocycles. The predicted octanol–water partition coefficient (Wildman–Crippen LogP) is 5.46. The number of anilines is 1. The topological polar surface area (TPSA) is 67.2 Å². The molecule has 206 valence electrons. The molecular weight excluding hydrogens is 507 g/mol. The van der Waals surface area contributed by atoms with Gasteiger partial charge in [-0.1, -0.05) is 31.2 Å². The lowest BCUT2D eigenvalue weighted by Gasteiger charge is -2.35. The molecule has 1 fully saturated rings. The van der Waals surface area contributed by atoms with Crippen LogP contribution >= 0.6 is 0 Å². The van der Waals surface area contributed by atoms with E-state index in [1.54, 1.807) is 10.6 Å². The molecule has 2 aliphatic rings. The normalized spacial score (nSPS) is 18.7. The zero-order chi connectivity index (χ0) is 28.0. The molecule has 2 aromatic heterocycles. The third-order valence-electron chi connectivity index (χ3n) is 8.42. The number of amides is 1. The smallest absolute Gasteiger partial charge is 0.310 e. The largest absolute Gasteiger partial charge is 0.469 e. The summed E-state index contributed by atoms with van der Waals surface area (Å²) in [5.41, 5.74) is 6.39. The number of nitrogens with zero attached hydrogens (tertiary/aromatic N) is 4. The first-order valence-electron chi connectivity index (χ1n) is 13.9. The van der Waals surface area contributed by atoms with Crippen molar-refractivity contribution in [3.63, 3.8) is 0 Å². The van der Waals surface area contributed by atoms with Gasteiger partial charge in [0.15, 0.2) is 0 Å². The first-order chi connectivity index (χ1) is 19.4. The molecule has 1 amide bonds. The van der Waals surface area contributed by atoms with E-state index in [4.69, 9.17) is 9.84 Å². The van der Waals surface area contributed by atoms with Crippen LogP contribution in [0, 0.1) is 11.7 Å². The number of hydrogen-bond acceptors (Lipinski definition) is 5. The quantitative estimate of drug-likeness (QED) is 0.315. The van der Waals surface area contributed by atoms with Crippen LogP contribution in [0.2, 0.25) is 0 Å². The van der Waals surface area contributed by atoms with Gasteiger partial charge in [0.05, 0.1) is 30.3 Å². The van der Waals surface area contributed by atoms with E-state index in [0.717, 1.165) is 23.3 Å². The van der Waals surface area contributed by atoms with Gasteiger partial charge in [-0.05, 0) is 73.7 Å². The van der Waals surface area contributed by atoms with Gasteiger partial charge in [-0.2, -0.15) is 5.10 Å². The maximum Gasteiger partial charge on any atom is 0.310 e. The van der Waals surface area contributed by atoms with E-state index in [1.807, 2.05) is 53.1 Å². The average Bonchev–Trinajstić information content (AvgIpc) is 3.64. The Morgan fingerprint density at radius 2 is 1.90 bits per heavy atom. The van der Waals surface area contributed by atoms with Crippen LogP contribution in [0.4, 0.5) is 10.1 Å². The zero-order valence-corrected chi connectivity index (χ0v) is 23.1. The number of ether oxygens (including phenoxy) is 1. The Bertz CT molecular complexity index is 1610. The van der Waals surface area contributed by atoms with Crippen LogP contribution in [0.15, 0.2) is 60.7 Å². The SMILES string of the molecule is CCc1cc(C(=O)N2CCc3ccccc3[C@H]2C)cc2cc(-c3ccc(N4CCC(C(=O)OC)C4)cc3F)nn12. The summed E-state index contributed by atoms with van der Waals surface area (Å²) in [6, 6.07) is 19.0. The first-order valence-corrected chi connectivity index (χ1v) is 13.9. The fraction of sp³-hybridized carbons (Fsp3) is 0.344. The summed E-state index contributed by atoms with van der Waals surface area (Å²) in [4.78, 5) is 29.6. The summed E-state index contributed by atoms with van der Waals surface area (Å²) in [7, 11) is 1.39. The summed E-state index contributed by atoms with van der Waals surface area (Å²) >= 11 is 0. The minimum absolute atomic E-state index is 0.00615. The number of esters is 1. The van der Waals surface area contributed by atoms with Gasteiger partial charge in [0, 0.05) is 42.1 Å². The van der Waals surface area contributed by atoms with Crippen LogP contribution in [0.25, 0.3) is 16.8 Å². The molecule has 0 saturated carbocycles. The van der Waals surface area contributed by atoms with Crippen molar-refractivity contribution in [1.29, 1.82) is 0 Å². The Morgan fingerprint density at radius 1 is 1.07 bits per heavy atom. The summed E-state index contributed by atoms with van der Waals surface area (Å²) in [5.74, 6) is -0.808. The molecule has 0 N–H and O–H groups in total. The molecule has 4 aromatic rings. The summed E-state index contributed by atoms with van der Waals surface area (Å²) < 4.78 is 22.1. The molecule has 0 spiro atoms. The molecule has 40 heavy (non-hydrogen) atoms. The van der Waals surface area contributed by atoms with Gasteiger partial charge >= 0.3 is 5.97 Å². The highest BCUT2D eigenvalue weighted by Gasteiger charge is 2.30. The number of rotatable bonds is 5.